The lowest BCUT2D eigenvalue weighted by Gasteiger charge is -2.31. The van der Waals surface area contributed by atoms with E-state index in [-0.39, 0.29) is 23.4 Å². The number of hydrogen-bond donors (Lipinski definition) is 4. The number of amidine groups is 1. The maximum Gasteiger partial charge on any atom is 0.244 e. The molecule has 0 radical (unpaired) electrons. The molecule has 1 unspecified atom stereocenters. The molecule has 3 heterocycles. The minimum Gasteiger partial charge on any atom is -0.356 e. The average Bonchev–Trinajstić information content (AvgIpc) is 3.49. The lowest BCUT2D eigenvalue weighted by Crippen LogP contribution is -2.45. The summed E-state index contributed by atoms with van der Waals surface area (Å²) in [7, 11) is 3.05. The molecule has 2 aromatic rings. The van der Waals surface area contributed by atoms with E-state index in [4.69, 9.17) is 32.4 Å². The van der Waals surface area contributed by atoms with E-state index in [9.17, 15) is 4.79 Å². The predicted octanol–water partition coefficient (Wildman–Crippen LogP) is 3.36. The summed E-state index contributed by atoms with van der Waals surface area (Å²) in [5, 5.41) is 33.0. The van der Waals surface area contributed by atoms with E-state index in [1.807, 2.05) is 22.4 Å². The van der Waals surface area contributed by atoms with Gasteiger partial charge in [-0.25, -0.2) is 0 Å². The minimum absolute atomic E-state index is 0.0929. The van der Waals surface area contributed by atoms with Gasteiger partial charge in [-0.15, -0.1) is 11.3 Å². The van der Waals surface area contributed by atoms with Crippen molar-refractivity contribution in [2.45, 2.75) is 18.9 Å². The summed E-state index contributed by atoms with van der Waals surface area (Å²) in [6.45, 7) is 0.632. The van der Waals surface area contributed by atoms with E-state index in [1.54, 1.807) is 7.05 Å². The van der Waals surface area contributed by atoms with Crippen LogP contribution < -0.4 is 5.32 Å². The number of rotatable bonds is 5. The normalized spacial score (nSPS) is 16.4. The first kappa shape index (κ1) is 21.7. The first-order chi connectivity index (χ1) is 14.3. The molecule has 1 amide bonds. The van der Waals surface area contributed by atoms with Crippen molar-refractivity contribution >= 4 is 46.9 Å². The topological polar surface area (TPSA) is 133 Å². The second-order valence-corrected chi connectivity index (χ2v) is 8.24. The molecule has 1 aliphatic heterocycles. The van der Waals surface area contributed by atoms with Crippen LogP contribution in [0.4, 0.5) is 0 Å². The van der Waals surface area contributed by atoms with Crippen LogP contribution in [-0.2, 0) is 4.79 Å². The Morgan fingerprint density at radius 3 is 2.87 bits per heavy atom. The number of nitrogens with one attached hydrogen (secondary N) is 4. The highest BCUT2D eigenvalue weighted by Gasteiger charge is 2.33. The number of carbonyl (C=O) groups excluding carboxylic acids is 1. The van der Waals surface area contributed by atoms with Crippen molar-refractivity contribution in [2.24, 2.45) is 0 Å². The zero-order valence-electron chi connectivity index (χ0n) is 16.5. The first-order valence-corrected chi connectivity index (χ1v) is 10.4. The van der Waals surface area contributed by atoms with Gasteiger partial charge in [0.2, 0.25) is 5.91 Å². The largest absolute Gasteiger partial charge is 0.356 e. The van der Waals surface area contributed by atoms with Gasteiger partial charge in [-0.1, -0.05) is 16.8 Å². The van der Waals surface area contributed by atoms with E-state index >= 15 is 0 Å². The van der Waals surface area contributed by atoms with Crippen LogP contribution in [0.15, 0.2) is 33.7 Å². The van der Waals surface area contributed by atoms with E-state index in [2.05, 4.69) is 10.5 Å². The van der Waals surface area contributed by atoms with Crippen LogP contribution in [-0.4, -0.2) is 59.5 Å². The highest BCUT2D eigenvalue weighted by atomic mass is 35.5. The molecular formula is C19H22ClN7O2S. The summed E-state index contributed by atoms with van der Waals surface area (Å²) < 4.78 is 6.15. The number of hydrogen-bond acceptors (Lipinski definition) is 7. The summed E-state index contributed by atoms with van der Waals surface area (Å²) in [5.41, 5.74) is 1.68. The molecule has 30 heavy (non-hydrogen) atoms. The monoisotopic (exact) mass is 447 g/mol. The molecule has 9 nitrogen and oxygen atoms in total. The van der Waals surface area contributed by atoms with Gasteiger partial charge in [-0.2, -0.15) is 0 Å². The Bertz CT molecular complexity index is 1010. The van der Waals surface area contributed by atoms with Crippen LogP contribution in [0.25, 0.3) is 11.3 Å². The first-order valence-electron chi connectivity index (χ1n) is 9.18. The Labute approximate surface area is 182 Å². The second-order valence-electron chi connectivity index (χ2n) is 6.70. The Balaban J connectivity index is 1.78. The van der Waals surface area contributed by atoms with Crippen LogP contribution in [0.1, 0.15) is 24.6 Å². The SMILES string of the molecule is CNC(=O)/C=C(\C=N)C(=N)N(C)C(=N)N1CCCC1c1cc(-c2csc(Cl)c2)on1. The van der Waals surface area contributed by atoms with Gasteiger partial charge in [-0.3, -0.25) is 15.6 Å². The number of likely N-dealkylation sites (N-methyl/N-ethyl adjacent to an activating group) is 2. The molecule has 1 atom stereocenters. The fourth-order valence-electron chi connectivity index (χ4n) is 3.23. The summed E-state index contributed by atoms with van der Waals surface area (Å²) in [5.74, 6) is 0.182. The fraction of sp³-hybridized carbons (Fsp3) is 0.316. The van der Waals surface area contributed by atoms with E-state index in [0.29, 0.717) is 22.3 Å². The van der Waals surface area contributed by atoms with Gasteiger partial charge in [0.25, 0.3) is 0 Å². The molecule has 0 aliphatic carbocycles. The number of nitrogens with zero attached hydrogens (tertiary/aromatic N) is 3. The van der Waals surface area contributed by atoms with Crippen molar-refractivity contribution in [1.82, 2.24) is 20.3 Å². The fourth-order valence-corrected chi connectivity index (χ4v) is 4.10. The van der Waals surface area contributed by atoms with Crippen LogP contribution in [0.3, 0.4) is 0 Å². The Hall–Kier alpha value is -2.98. The maximum atomic E-state index is 11.6. The molecule has 0 aromatic carbocycles. The van der Waals surface area contributed by atoms with Gasteiger partial charge in [-0.05, 0) is 18.9 Å². The second kappa shape index (κ2) is 9.23. The third-order valence-corrected chi connectivity index (χ3v) is 5.95. The summed E-state index contributed by atoms with van der Waals surface area (Å²) in [6, 6.07) is 3.51. The predicted molar refractivity (Wildman–Crippen MR) is 118 cm³/mol. The van der Waals surface area contributed by atoms with Crippen molar-refractivity contribution in [3.05, 3.63) is 39.2 Å². The van der Waals surface area contributed by atoms with E-state index in [0.717, 1.165) is 30.7 Å². The average molecular weight is 448 g/mol. The van der Waals surface area contributed by atoms with Crippen molar-refractivity contribution in [3.63, 3.8) is 0 Å². The summed E-state index contributed by atoms with van der Waals surface area (Å²) in [4.78, 5) is 14.8. The molecule has 158 valence electrons. The highest BCUT2D eigenvalue weighted by molar-refractivity contribution is 7.14. The Morgan fingerprint density at radius 1 is 1.47 bits per heavy atom. The molecule has 1 saturated heterocycles. The van der Waals surface area contributed by atoms with Gasteiger partial charge in [0.1, 0.15) is 11.5 Å². The van der Waals surface area contributed by atoms with Crippen LogP contribution in [0.2, 0.25) is 4.34 Å². The molecule has 0 saturated carbocycles. The number of carbonyl (C=O) groups is 1. The van der Waals surface area contributed by atoms with Gasteiger partial charge in [0, 0.05) is 55.5 Å². The van der Waals surface area contributed by atoms with Gasteiger partial charge in [0.05, 0.1) is 10.4 Å². The van der Waals surface area contributed by atoms with Gasteiger partial charge < -0.3 is 25.0 Å². The third kappa shape index (κ3) is 4.44. The van der Waals surface area contributed by atoms with Crippen molar-refractivity contribution in [2.75, 3.05) is 20.6 Å². The molecule has 2 aromatic heterocycles. The van der Waals surface area contributed by atoms with Crippen LogP contribution in [0, 0.1) is 16.2 Å². The molecule has 3 rings (SSSR count). The number of likely N-dealkylation sites (tertiary alicyclic amines) is 1. The Kier molecular flexibility index (Phi) is 6.68. The van der Waals surface area contributed by atoms with E-state index < -0.39 is 5.91 Å². The zero-order valence-corrected chi connectivity index (χ0v) is 18.1. The van der Waals surface area contributed by atoms with Gasteiger partial charge in [0.15, 0.2) is 11.7 Å². The summed E-state index contributed by atoms with van der Waals surface area (Å²) >= 11 is 7.42. The summed E-state index contributed by atoms with van der Waals surface area (Å²) in [6.07, 6.45) is 3.76. The highest BCUT2D eigenvalue weighted by Crippen LogP contribution is 2.35. The standard InChI is InChI=1S/C19H22ClN7O2S/c1-24-17(28)7-11(9-21)18(22)26(2)19(23)27-5-3-4-14(27)13-8-15(29-25-13)12-6-16(20)30-10-12/h6-10,14,21-23H,3-5H2,1-2H3,(H,24,28)/b11-7+,21-9?,22-18?,23-19?. The van der Waals surface area contributed by atoms with Crippen molar-refractivity contribution < 1.29 is 9.32 Å². The lowest BCUT2D eigenvalue weighted by molar-refractivity contribution is -0.116. The Morgan fingerprint density at radius 2 is 2.23 bits per heavy atom. The number of guanidine groups is 1. The van der Waals surface area contributed by atoms with Gasteiger partial charge >= 0.3 is 0 Å². The molecule has 1 aliphatic rings. The molecule has 11 heteroatoms. The smallest absolute Gasteiger partial charge is 0.244 e. The zero-order chi connectivity index (χ0) is 21.8. The molecule has 4 N–H and O–H groups in total. The lowest BCUT2D eigenvalue weighted by atomic mass is 10.1. The number of amides is 1. The molecule has 0 bridgehead atoms. The number of thiophene rings is 1. The quantitative estimate of drug-likeness (QED) is 0.317. The van der Waals surface area contributed by atoms with Crippen LogP contribution >= 0.6 is 22.9 Å². The third-order valence-electron chi connectivity index (χ3n) is 4.86. The maximum absolute atomic E-state index is 11.6. The number of halogens is 1. The molecule has 0 spiro atoms. The van der Waals surface area contributed by atoms with Crippen molar-refractivity contribution in [1.29, 1.82) is 16.2 Å². The minimum atomic E-state index is -0.416. The molecule has 1 fully saturated rings. The van der Waals surface area contributed by atoms with Crippen LogP contribution in [0.5, 0.6) is 0 Å². The van der Waals surface area contributed by atoms with Crippen molar-refractivity contribution in [3.8, 4) is 11.3 Å². The molecular weight excluding hydrogens is 426 g/mol. The number of aromatic nitrogens is 1. The van der Waals surface area contributed by atoms with E-state index in [1.165, 1.54) is 23.3 Å².